The zero-order valence-corrected chi connectivity index (χ0v) is 13.7. The van der Waals surface area contributed by atoms with Gasteiger partial charge in [0.15, 0.2) is 0 Å². The van der Waals surface area contributed by atoms with E-state index >= 15 is 0 Å². The van der Waals surface area contributed by atoms with Crippen LogP contribution in [0.4, 0.5) is 5.69 Å². The molecular weight excluding hydrogens is 312 g/mol. The molecule has 1 amide bonds. The number of hydrogen-bond acceptors (Lipinski definition) is 2. The van der Waals surface area contributed by atoms with Gasteiger partial charge in [-0.05, 0) is 29.8 Å². The maximum atomic E-state index is 12.3. The van der Waals surface area contributed by atoms with E-state index in [9.17, 15) is 4.79 Å². The lowest BCUT2D eigenvalue weighted by molar-refractivity contribution is -0.115. The van der Waals surface area contributed by atoms with Gasteiger partial charge in [-0.1, -0.05) is 29.8 Å². The van der Waals surface area contributed by atoms with E-state index in [1.165, 1.54) is 0 Å². The van der Waals surface area contributed by atoms with Crippen molar-refractivity contribution in [3.63, 3.8) is 0 Å². The number of amides is 1. The molecule has 4 nitrogen and oxygen atoms in total. The normalized spacial score (nSPS) is 10.7. The monoisotopic (exact) mass is 328 g/mol. The van der Waals surface area contributed by atoms with Crippen molar-refractivity contribution >= 4 is 34.1 Å². The minimum atomic E-state index is -0.0809. The van der Waals surface area contributed by atoms with Crippen molar-refractivity contribution in [1.29, 1.82) is 0 Å². The van der Waals surface area contributed by atoms with E-state index in [1.54, 1.807) is 25.3 Å². The molecule has 1 aromatic heterocycles. The quantitative estimate of drug-likeness (QED) is 0.786. The molecule has 3 rings (SSSR count). The SMILES string of the molecule is COc1ccc(NC(=O)Cc2cn(C)c3ccccc23)cc1Cl. The molecule has 1 heterocycles. The van der Waals surface area contributed by atoms with Crippen molar-refractivity contribution in [3.8, 4) is 5.75 Å². The van der Waals surface area contributed by atoms with E-state index in [0.717, 1.165) is 16.5 Å². The second-order valence-corrected chi connectivity index (χ2v) is 5.76. The standard InChI is InChI=1S/C18H17ClN2O2/c1-21-11-12(14-5-3-4-6-16(14)21)9-18(22)20-13-7-8-17(23-2)15(19)10-13/h3-8,10-11H,9H2,1-2H3,(H,20,22). The molecule has 118 valence electrons. The maximum Gasteiger partial charge on any atom is 0.228 e. The number of aromatic nitrogens is 1. The number of carbonyl (C=O) groups is 1. The molecular formula is C18H17ClN2O2. The third-order valence-corrected chi connectivity index (χ3v) is 4.06. The second kappa shape index (κ2) is 6.34. The Kier molecular flexibility index (Phi) is 4.26. The van der Waals surface area contributed by atoms with Crippen molar-refractivity contribution in [2.75, 3.05) is 12.4 Å². The number of nitrogens with zero attached hydrogens (tertiary/aromatic N) is 1. The third kappa shape index (κ3) is 3.17. The van der Waals surface area contributed by atoms with Crippen LogP contribution in [0.5, 0.6) is 5.75 Å². The lowest BCUT2D eigenvalue weighted by atomic mass is 10.1. The summed E-state index contributed by atoms with van der Waals surface area (Å²) < 4.78 is 7.13. The van der Waals surface area contributed by atoms with Crippen LogP contribution >= 0.6 is 11.6 Å². The fourth-order valence-corrected chi connectivity index (χ4v) is 2.95. The number of nitrogens with one attached hydrogen (secondary N) is 1. The Bertz CT molecular complexity index is 871. The zero-order valence-electron chi connectivity index (χ0n) is 13.0. The number of fused-ring (bicyclic) bond motifs is 1. The van der Waals surface area contributed by atoms with Crippen LogP contribution in [0.25, 0.3) is 10.9 Å². The summed E-state index contributed by atoms with van der Waals surface area (Å²) in [5.41, 5.74) is 2.77. The lowest BCUT2D eigenvalue weighted by Crippen LogP contribution is -2.14. The Morgan fingerprint density at radius 1 is 1.26 bits per heavy atom. The first-order valence-electron chi connectivity index (χ1n) is 7.25. The number of aryl methyl sites for hydroxylation is 1. The van der Waals surface area contributed by atoms with Gasteiger partial charge in [0.05, 0.1) is 18.6 Å². The zero-order chi connectivity index (χ0) is 16.4. The molecule has 0 bridgehead atoms. The number of hydrogen-bond donors (Lipinski definition) is 1. The van der Waals surface area contributed by atoms with Crippen LogP contribution in [0.3, 0.4) is 0 Å². The Morgan fingerprint density at radius 3 is 2.78 bits per heavy atom. The average molecular weight is 329 g/mol. The molecule has 0 aliphatic heterocycles. The van der Waals surface area contributed by atoms with Gasteiger partial charge in [0.2, 0.25) is 5.91 Å². The summed E-state index contributed by atoms with van der Waals surface area (Å²) in [6.45, 7) is 0. The Labute approximate surface area is 139 Å². The van der Waals surface area contributed by atoms with Gasteiger partial charge in [0.1, 0.15) is 5.75 Å². The number of halogens is 1. The van der Waals surface area contributed by atoms with Crippen molar-refractivity contribution in [1.82, 2.24) is 4.57 Å². The van der Waals surface area contributed by atoms with Crippen LogP contribution < -0.4 is 10.1 Å². The van der Waals surface area contributed by atoms with Gasteiger partial charge < -0.3 is 14.6 Å². The number of anilines is 1. The summed E-state index contributed by atoms with van der Waals surface area (Å²) in [4.78, 5) is 12.3. The number of rotatable bonds is 4. The molecule has 0 saturated carbocycles. The van der Waals surface area contributed by atoms with Crippen LogP contribution in [0.15, 0.2) is 48.7 Å². The predicted molar refractivity (Wildman–Crippen MR) is 93.3 cm³/mol. The van der Waals surface area contributed by atoms with E-state index in [4.69, 9.17) is 16.3 Å². The van der Waals surface area contributed by atoms with E-state index in [2.05, 4.69) is 5.32 Å². The maximum absolute atomic E-state index is 12.3. The minimum Gasteiger partial charge on any atom is -0.495 e. The summed E-state index contributed by atoms with van der Waals surface area (Å²) in [5.74, 6) is 0.501. The molecule has 0 atom stereocenters. The van der Waals surface area contributed by atoms with Gasteiger partial charge >= 0.3 is 0 Å². The molecule has 0 saturated heterocycles. The predicted octanol–water partition coefficient (Wildman–Crippen LogP) is 4.02. The number of para-hydroxylation sites is 1. The molecule has 2 aromatic carbocycles. The van der Waals surface area contributed by atoms with Crippen LogP contribution in [-0.4, -0.2) is 17.6 Å². The van der Waals surface area contributed by atoms with Gasteiger partial charge in [-0.25, -0.2) is 0 Å². The van der Waals surface area contributed by atoms with Crippen LogP contribution in [0, 0.1) is 0 Å². The van der Waals surface area contributed by atoms with Crippen LogP contribution in [0.1, 0.15) is 5.56 Å². The highest BCUT2D eigenvalue weighted by Gasteiger charge is 2.11. The second-order valence-electron chi connectivity index (χ2n) is 5.36. The molecule has 0 aliphatic carbocycles. The highest BCUT2D eigenvalue weighted by atomic mass is 35.5. The molecule has 0 aliphatic rings. The topological polar surface area (TPSA) is 43.3 Å². The first kappa shape index (κ1) is 15.4. The van der Waals surface area contributed by atoms with E-state index in [0.29, 0.717) is 22.9 Å². The number of methoxy groups -OCH3 is 1. The van der Waals surface area contributed by atoms with E-state index < -0.39 is 0 Å². The number of carbonyl (C=O) groups excluding carboxylic acids is 1. The van der Waals surface area contributed by atoms with Gasteiger partial charge in [-0.3, -0.25) is 4.79 Å². The summed E-state index contributed by atoms with van der Waals surface area (Å²) in [7, 11) is 3.53. The fraction of sp³-hybridized carbons (Fsp3) is 0.167. The molecule has 0 radical (unpaired) electrons. The van der Waals surface area contributed by atoms with Gasteiger partial charge in [-0.2, -0.15) is 0 Å². The van der Waals surface area contributed by atoms with Crippen LogP contribution in [-0.2, 0) is 18.3 Å². The highest BCUT2D eigenvalue weighted by molar-refractivity contribution is 6.32. The third-order valence-electron chi connectivity index (χ3n) is 3.77. The number of benzene rings is 2. The van der Waals surface area contributed by atoms with Crippen LogP contribution in [0.2, 0.25) is 5.02 Å². The first-order valence-corrected chi connectivity index (χ1v) is 7.62. The summed E-state index contributed by atoms with van der Waals surface area (Å²) in [6.07, 6.45) is 2.30. The minimum absolute atomic E-state index is 0.0809. The van der Waals surface area contributed by atoms with E-state index in [-0.39, 0.29) is 5.91 Å². The molecule has 23 heavy (non-hydrogen) atoms. The van der Waals surface area contributed by atoms with Gasteiger partial charge in [0.25, 0.3) is 0 Å². The molecule has 1 N–H and O–H groups in total. The van der Waals surface area contributed by atoms with E-state index in [1.807, 2.05) is 42.1 Å². The molecule has 3 aromatic rings. The largest absolute Gasteiger partial charge is 0.495 e. The van der Waals surface area contributed by atoms with Crippen molar-refractivity contribution < 1.29 is 9.53 Å². The average Bonchev–Trinajstić information content (AvgIpc) is 2.84. The fourth-order valence-electron chi connectivity index (χ4n) is 2.69. The smallest absolute Gasteiger partial charge is 0.228 e. The summed E-state index contributed by atoms with van der Waals surface area (Å²) in [6, 6.07) is 13.2. The highest BCUT2D eigenvalue weighted by Crippen LogP contribution is 2.27. The van der Waals surface area contributed by atoms with Crippen molar-refractivity contribution in [3.05, 3.63) is 59.2 Å². The molecule has 5 heteroatoms. The van der Waals surface area contributed by atoms with Gasteiger partial charge in [-0.15, -0.1) is 0 Å². The molecule has 0 fully saturated rings. The van der Waals surface area contributed by atoms with Crippen molar-refractivity contribution in [2.45, 2.75) is 6.42 Å². The lowest BCUT2D eigenvalue weighted by Gasteiger charge is -2.08. The summed E-state index contributed by atoms with van der Waals surface area (Å²) >= 11 is 6.07. The Morgan fingerprint density at radius 2 is 2.04 bits per heavy atom. The van der Waals surface area contributed by atoms with Gasteiger partial charge in [0, 0.05) is 29.8 Å². The Hall–Kier alpha value is -2.46. The summed E-state index contributed by atoms with van der Waals surface area (Å²) in [5, 5.41) is 4.43. The first-order chi connectivity index (χ1) is 11.1. The molecule has 0 unspecified atom stereocenters. The van der Waals surface area contributed by atoms with Crippen molar-refractivity contribution in [2.24, 2.45) is 7.05 Å². The molecule has 0 spiro atoms. The number of ether oxygens (including phenoxy) is 1. The Balaban J connectivity index is 1.77.